The zero-order valence-electron chi connectivity index (χ0n) is 17.7. The largest absolute Gasteiger partial charge is 0.467 e. The molecule has 0 saturated carbocycles. The molecule has 0 saturated heterocycles. The fraction of sp³-hybridized carbons (Fsp3) is 0.160. The molecule has 2 aromatic heterocycles. The van der Waals surface area contributed by atoms with Crippen LogP contribution in [0.3, 0.4) is 0 Å². The minimum absolute atomic E-state index is 0.139. The zero-order chi connectivity index (χ0) is 23.0. The van der Waals surface area contributed by atoms with Crippen LogP contribution in [0, 0.1) is 0 Å². The Morgan fingerprint density at radius 1 is 0.970 bits per heavy atom. The highest BCUT2D eigenvalue weighted by Crippen LogP contribution is 2.28. The van der Waals surface area contributed by atoms with E-state index in [9.17, 15) is 9.59 Å². The third-order valence-electron chi connectivity index (χ3n) is 4.94. The Morgan fingerprint density at radius 2 is 1.85 bits per heavy atom. The molecular formula is C25H22ClN3O4. The molecule has 4 aromatic rings. The van der Waals surface area contributed by atoms with Crippen LogP contribution in [0.4, 0.5) is 0 Å². The number of halogens is 1. The van der Waals surface area contributed by atoms with Gasteiger partial charge in [0.05, 0.1) is 24.0 Å². The minimum atomic E-state index is -0.210. The summed E-state index contributed by atoms with van der Waals surface area (Å²) in [4.78, 5) is 28.9. The van der Waals surface area contributed by atoms with Crippen molar-refractivity contribution in [1.82, 2.24) is 15.6 Å². The molecule has 0 aliphatic rings. The number of nitrogens with one attached hydrogen (secondary N) is 2. The molecule has 0 aliphatic carbocycles. The summed E-state index contributed by atoms with van der Waals surface area (Å²) in [6.07, 6.45) is 3.76. The van der Waals surface area contributed by atoms with Gasteiger partial charge in [-0.1, -0.05) is 35.9 Å². The third kappa shape index (κ3) is 6.11. The highest BCUT2D eigenvalue weighted by molar-refractivity contribution is 6.33. The van der Waals surface area contributed by atoms with Crippen LogP contribution in [-0.2, 0) is 24.3 Å². The predicted octanol–water partition coefficient (Wildman–Crippen LogP) is 4.77. The van der Waals surface area contributed by atoms with Crippen molar-refractivity contribution in [2.45, 2.75) is 25.9 Å². The van der Waals surface area contributed by atoms with E-state index in [1.807, 2.05) is 24.3 Å². The van der Waals surface area contributed by atoms with E-state index >= 15 is 0 Å². The van der Waals surface area contributed by atoms with Crippen LogP contribution in [0.5, 0.6) is 0 Å². The Bertz CT molecular complexity index is 1230. The van der Waals surface area contributed by atoms with Crippen molar-refractivity contribution in [3.8, 4) is 11.3 Å². The van der Waals surface area contributed by atoms with Crippen LogP contribution in [0.1, 0.15) is 34.0 Å². The number of aryl methyl sites for hydroxylation is 1. The molecule has 0 atom stereocenters. The molecule has 2 heterocycles. The van der Waals surface area contributed by atoms with Crippen LogP contribution in [0.2, 0.25) is 5.02 Å². The lowest BCUT2D eigenvalue weighted by Crippen LogP contribution is -2.24. The molecular weight excluding hydrogens is 442 g/mol. The number of carbonyl (C=O) groups is 2. The smallest absolute Gasteiger partial charge is 0.251 e. The molecule has 0 spiro atoms. The first kappa shape index (κ1) is 22.4. The SMILES string of the molecule is O=C(CCc1ncc(-c2ccccc2Cl)o1)NCc1cccc(C(=O)NCc2ccco2)c1. The highest BCUT2D eigenvalue weighted by Gasteiger charge is 2.12. The summed E-state index contributed by atoms with van der Waals surface area (Å²) in [6.45, 7) is 0.625. The van der Waals surface area contributed by atoms with Gasteiger partial charge >= 0.3 is 0 Å². The molecule has 0 bridgehead atoms. The molecule has 0 radical (unpaired) electrons. The zero-order valence-corrected chi connectivity index (χ0v) is 18.5. The van der Waals surface area contributed by atoms with Crippen molar-refractivity contribution in [3.63, 3.8) is 0 Å². The molecule has 4 rings (SSSR count). The normalized spacial score (nSPS) is 10.7. The summed E-state index contributed by atoms with van der Waals surface area (Å²) in [6, 6.07) is 18.0. The molecule has 2 N–H and O–H groups in total. The van der Waals surface area contributed by atoms with Gasteiger partial charge in [-0.05, 0) is 42.0 Å². The maximum Gasteiger partial charge on any atom is 0.251 e. The number of furan rings is 1. The molecule has 0 fully saturated rings. The Balaban J connectivity index is 1.25. The molecule has 0 aliphatic heterocycles. The third-order valence-corrected chi connectivity index (χ3v) is 5.27. The van der Waals surface area contributed by atoms with Gasteiger partial charge in [0.1, 0.15) is 5.76 Å². The number of hydrogen-bond acceptors (Lipinski definition) is 5. The summed E-state index contributed by atoms with van der Waals surface area (Å²) in [5.41, 5.74) is 2.10. The number of aromatic nitrogens is 1. The van der Waals surface area contributed by atoms with Gasteiger partial charge in [-0.2, -0.15) is 0 Å². The van der Waals surface area contributed by atoms with Gasteiger partial charge in [-0.15, -0.1) is 0 Å². The Morgan fingerprint density at radius 3 is 2.67 bits per heavy atom. The summed E-state index contributed by atoms with van der Waals surface area (Å²) < 4.78 is 10.9. The van der Waals surface area contributed by atoms with Gasteiger partial charge in [0.25, 0.3) is 5.91 Å². The number of hydrogen-bond donors (Lipinski definition) is 2. The van der Waals surface area contributed by atoms with E-state index in [0.29, 0.717) is 47.5 Å². The van der Waals surface area contributed by atoms with E-state index in [1.165, 1.54) is 0 Å². The lowest BCUT2D eigenvalue weighted by atomic mass is 10.1. The van der Waals surface area contributed by atoms with Crippen molar-refractivity contribution in [3.05, 3.63) is 101 Å². The van der Waals surface area contributed by atoms with Gasteiger partial charge in [0.2, 0.25) is 5.91 Å². The van der Waals surface area contributed by atoms with Crippen molar-refractivity contribution in [2.24, 2.45) is 0 Å². The number of oxazole rings is 1. The van der Waals surface area contributed by atoms with Crippen molar-refractivity contribution >= 4 is 23.4 Å². The standard InChI is InChI=1S/C25H22ClN3O4/c26-21-9-2-1-8-20(21)22-16-28-24(33-22)11-10-23(30)27-14-17-5-3-6-18(13-17)25(31)29-15-19-7-4-12-32-19/h1-9,12-13,16H,10-11,14-15H2,(H,27,30)(H,29,31). The van der Waals surface area contributed by atoms with Crippen LogP contribution < -0.4 is 10.6 Å². The first-order valence-electron chi connectivity index (χ1n) is 10.4. The predicted molar refractivity (Wildman–Crippen MR) is 123 cm³/mol. The summed E-state index contributed by atoms with van der Waals surface area (Å²) >= 11 is 6.19. The highest BCUT2D eigenvalue weighted by atomic mass is 35.5. The fourth-order valence-electron chi connectivity index (χ4n) is 3.23. The number of amides is 2. The lowest BCUT2D eigenvalue weighted by molar-refractivity contribution is -0.121. The van der Waals surface area contributed by atoms with Gasteiger partial charge in [-0.3, -0.25) is 9.59 Å². The quantitative estimate of drug-likeness (QED) is 0.372. The van der Waals surface area contributed by atoms with Crippen molar-refractivity contribution < 1.29 is 18.4 Å². The van der Waals surface area contributed by atoms with Gasteiger partial charge in [0, 0.05) is 30.5 Å². The number of rotatable bonds is 9. The minimum Gasteiger partial charge on any atom is -0.467 e. The molecule has 168 valence electrons. The molecule has 7 nitrogen and oxygen atoms in total. The fourth-order valence-corrected chi connectivity index (χ4v) is 3.45. The first-order chi connectivity index (χ1) is 16.1. The van der Waals surface area contributed by atoms with Crippen molar-refractivity contribution in [2.75, 3.05) is 0 Å². The van der Waals surface area contributed by atoms with E-state index in [0.717, 1.165) is 11.1 Å². The monoisotopic (exact) mass is 463 g/mol. The van der Waals surface area contributed by atoms with Crippen molar-refractivity contribution in [1.29, 1.82) is 0 Å². The second-order valence-electron chi connectivity index (χ2n) is 7.34. The van der Waals surface area contributed by atoms with E-state index in [2.05, 4.69) is 15.6 Å². The average molecular weight is 464 g/mol. The van der Waals surface area contributed by atoms with Crippen LogP contribution in [-0.4, -0.2) is 16.8 Å². The van der Waals surface area contributed by atoms with E-state index in [4.69, 9.17) is 20.4 Å². The van der Waals surface area contributed by atoms with Gasteiger partial charge in [-0.25, -0.2) is 4.98 Å². The molecule has 8 heteroatoms. The number of nitrogens with zero attached hydrogens (tertiary/aromatic N) is 1. The van der Waals surface area contributed by atoms with Crippen LogP contribution >= 0.6 is 11.6 Å². The van der Waals surface area contributed by atoms with Crippen LogP contribution in [0.25, 0.3) is 11.3 Å². The van der Waals surface area contributed by atoms with Gasteiger partial charge in [0.15, 0.2) is 11.7 Å². The van der Waals surface area contributed by atoms with Crippen LogP contribution in [0.15, 0.2) is 82.0 Å². The molecule has 2 aromatic carbocycles. The first-order valence-corrected chi connectivity index (χ1v) is 10.8. The summed E-state index contributed by atoms with van der Waals surface area (Å²) in [7, 11) is 0. The second kappa shape index (κ2) is 10.7. The molecule has 0 unspecified atom stereocenters. The number of benzene rings is 2. The topological polar surface area (TPSA) is 97.4 Å². The van der Waals surface area contributed by atoms with E-state index in [1.54, 1.807) is 48.9 Å². The molecule has 33 heavy (non-hydrogen) atoms. The average Bonchev–Trinajstić information content (AvgIpc) is 3.53. The summed E-state index contributed by atoms with van der Waals surface area (Å²) in [5, 5.41) is 6.24. The lowest BCUT2D eigenvalue weighted by Gasteiger charge is -2.08. The number of carbonyl (C=O) groups excluding carboxylic acids is 2. The maximum absolute atomic E-state index is 12.3. The van der Waals surface area contributed by atoms with E-state index in [-0.39, 0.29) is 18.2 Å². The Kier molecular flexibility index (Phi) is 7.22. The summed E-state index contributed by atoms with van der Waals surface area (Å²) in [5.74, 6) is 1.36. The van der Waals surface area contributed by atoms with E-state index < -0.39 is 0 Å². The second-order valence-corrected chi connectivity index (χ2v) is 7.74. The molecule has 2 amide bonds. The Hall–Kier alpha value is -3.84. The van der Waals surface area contributed by atoms with Gasteiger partial charge < -0.3 is 19.5 Å². The maximum atomic E-state index is 12.3. The Labute approximate surface area is 195 Å².